The van der Waals surface area contributed by atoms with Gasteiger partial charge < -0.3 is 9.84 Å². The summed E-state index contributed by atoms with van der Waals surface area (Å²) in [5, 5.41) is 13.9. The molecular weight excluding hydrogens is 195 g/mol. The number of hydrogen-bond acceptors (Lipinski definition) is 5. The summed E-state index contributed by atoms with van der Waals surface area (Å²) in [6.07, 6.45) is 0. The molecule has 0 saturated carbocycles. The molecule has 0 atom stereocenters. The van der Waals surface area contributed by atoms with Gasteiger partial charge in [-0.3, -0.25) is 4.79 Å². The smallest absolute Gasteiger partial charge is 0.362 e. The first-order chi connectivity index (χ1) is 6.57. The normalized spacial score (nSPS) is 9.86. The third-order valence-corrected chi connectivity index (χ3v) is 1.37. The molecular formula is C7H7FN2O4. The summed E-state index contributed by atoms with van der Waals surface area (Å²) < 4.78 is 17.2. The summed E-state index contributed by atoms with van der Waals surface area (Å²) in [7, 11) is 0. The quantitative estimate of drug-likeness (QED) is 0.647. The first-order valence-electron chi connectivity index (χ1n) is 3.72. The minimum atomic E-state index is -1.46. The second kappa shape index (κ2) is 3.86. The number of halogens is 1. The van der Waals surface area contributed by atoms with Gasteiger partial charge in [0.15, 0.2) is 5.75 Å². The van der Waals surface area contributed by atoms with E-state index in [9.17, 15) is 14.0 Å². The van der Waals surface area contributed by atoms with Crippen LogP contribution >= 0.6 is 0 Å². The van der Waals surface area contributed by atoms with E-state index >= 15 is 0 Å². The Morgan fingerprint density at radius 1 is 1.71 bits per heavy atom. The molecule has 0 aliphatic rings. The number of aromatic nitrogens is 2. The van der Waals surface area contributed by atoms with Gasteiger partial charge in [0.2, 0.25) is 11.5 Å². The molecule has 1 rings (SSSR count). The minimum absolute atomic E-state index is 0.0562. The third-order valence-electron chi connectivity index (χ3n) is 1.37. The van der Waals surface area contributed by atoms with E-state index in [-0.39, 0.29) is 6.61 Å². The molecule has 0 aromatic carbocycles. The number of aromatic hydroxyl groups is 1. The van der Waals surface area contributed by atoms with Crippen molar-refractivity contribution in [3.8, 4) is 5.75 Å². The van der Waals surface area contributed by atoms with Gasteiger partial charge in [-0.1, -0.05) is 0 Å². The number of nitrogens with one attached hydrogen (secondary N) is 1. The molecule has 0 fully saturated rings. The molecule has 6 nitrogen and oxygen atoms in total. The van der Waals surface area contributed by atoms with Crippen LogP contribution in [0.2, 0.25) is 0 Å². The standard InChI is InChI=1S/C7H7FN2O4/c1-2-14-7(13)4-5(11)3(8)6(12)10-9-4/h2H2,1H3,(H2,10,11,12). The SMILES string of the molecule is CCOC(=O)c1n[nH]c(=O)c(F)c1O. The number of aromatic amines is 1. The number of H-pyrrole nitrogens is 1. The van der Waals surface area contributed by atoms with Crippen LogP contribution < -0.4 is 5.56 Å². The molecule has 7 heteroatoms. The van der Waals surface area contributed by atoms with Gasteiger partial charge in [-0.15, -0.1) is 0 Å². The highest BCUT2D eigenvalue weighted by Gasteiger charge is 2.20. The molecule has 0 unspecified atom stereocenters. The Hall–Kier alpha value is -1.92. The lowest BCUT2D eigenvalue weighted by molar-refractivity contribution is 0.0513. The Kier molecular flexibility index (Phi) is 2.80. The molecule has 0 saturated heterocycles. The molecule has 0 spiro atoms. The van der Waals surface area contributed by atoms with Gasteiger partial charge >= 0.3 is 11.5 Å². The van der Waals surface area contributed by atoms with Crippen LogP contribution in [0.15, 0.2) is 4.79 Å². The lowest BCUT2D eigenvalue weighted by Crippen LogP contribution is -2.18. The van der Waals surface area contributed by atoms with E-state index in [0.29, 0.717) is 0 Å². The van der Waals surface area contributed by atoms with Crippen molar-refractivity contribution in [1.29, 1.82) is 0 Å². The molecule has 0 amide bonds. The van der Waals surface area contributed by atoms with E-state index in [1.165, 1.54) is 6.92 Å². The van der Waals surface area contributed by atoms with Gasteiger partial charge in [0.1, 0.15) is 0 Å². The Labute approximate surface area is 77.3 Å². The van der Waals surface area contributed by atoms with E-state index in [2.05, 4.69) is 9.84 Å². The summed E-state index contributed by atoms with van der Waals surface area (Å²) in [6, 6.07) is 0. The first kappa shape index (κ1) is 10.2. The zero-order valence-corrected chi connectivity index (χ0v) is 7.20. The van der Waals surface area contributed by atoms with Crippen molar-refractivity contribution in [1.82, 2.24) is 10.2 Å². The molecule has 0 aliphatic carbocycles. The average molecular weight is 202 g/mol. The van der Waals surface area contributed by atoms with Gasteiger partial charge in [0, 0.05) is 0 Å². The number of carbonyl (C=O) groups is 1. The molecule has 14 heavy (non-hydrogen) atoms. The van der Waals surface area contributed by atoms with Gasteiger partial charge in [-0.2, -0.15) is 9.49 Å². The van der Waals surface area contributed by atoms with E-state index in [0.717, 1.165) is 0 Å². The van der Waals surface area contributed by atoms with Crippen LogP contribution in [0.25, 0.3) is 0 Å². The zero-order valence-electron chi connectivity index (χ0n) is 7.20. The number of carbonyl (C=O) groups excluding carboxylic acids is 1. The number of hydrogen-bond donors (Lipinski definition) is 2. The van der Waals surface area contributed by atoms with E-state index in [4.69, 9.17) is 5.11 Å². The Bertz CT molecular complexity index is 415. The Morgan fingerprint density at radius 2 is 2.36 bits per heavy atom. The molecule has 1 aromatic heterocycles. The number of rotatable bonds is 2. The monoisotopic (exact) mass is 202 g/mol. The largest absolute Gasteiger partial charge is 0.503 e. The fraction of sp³-hybridized carbons (Fsp3) is 0.286. The van der Waals surface area contributed by atoms with Crippen LogP contribution in [0.4, 0.5) is 4.39 Å². The first-order valence-corrected chi connectivity index (χ1v) is 3.72. The number of ether oxygens (including phenoxy) is 1. The van der Waals surface area contributed by atoms with E-state index in [1.807, 2.05) is 0 Å². The lowest BCUT2D eigenvalue weighted by atomic mass is 10.3. The van der Waals surface area contributed by atoms with Crippen LogP contribution in [0, 0.1) is 5.82 Å². The van der Waals surface area contributed by atoms with Crippen molar-refractivity contribution >= 4 is 5.97 Å². The van der Waals surface area contributed by atoms with Gasteiger partial charge in [-0.05, 0) is 6.92 Å². The van der Waals surface area contributed by atoms with Crippen molar-refractivity contribution in [2.75, 3.05) is 6.61 Å². The van der Waals surface area contributed by atoms with Gasteiger partial charge in [0.25, 0.3) is 0 Å². The second-order valence-corrected chi connectivity index (χ2v) is 2.28. The van der Waals surface area contributed by atoms with Crippen molar-refractivity contribution < 1.29 is 19.0 Å². The molecule has 1 aromatic rings. The van der Waals surface area contributed by atoms with Crippen LogP contribution in [0.3, 0.4) is 0 Å². The Morgan fingerprint density at radius 3 is 2.93 bits per heavy atom. The highest BCUT2D eigenvalue weighted by atomic mass is 19.1. The van der Waals surface area contributed by atoms with Crippen LogP contribution in [0.1, 0.15) is 17.4 Å². The predicted octanol–water partition coefficient (Wildman–Crippen LogP) is -0.209. The summed E-state index contributed by atoms with van der Waals surface area (Å²) >= 11 is 0. The fourth-order valence-electron chi connectivity index (χ4n) is 0.762. The Balaban J connectivity index is 3.18. The van der Waals surface area contributed by atoms with Crippen LogP contribution in [-0.2, 0) is 4.74 Å². The molecule has 0 aliphatic heterocycles. The van der Waals surface area contributed by atoms with Gasteiger partial charge in [0.05, 0.1) is 6.61 Å². The minimum Gasteiger partial charge on any atom is -0.503 e. The van der Waals surface area contributed by atoms with Crippen molar-refractivity contribution in [2.45, 2.75) is 6.92 Å². The van der Waals surface area contributed by atoms with E-state index < -0.39 is 28.8 Å². The summed E-state index contributed by atoms with van der Waals surface area (Å²) in [6.45, 7) is 1.59. The van der Waals surface area contributed by atoms with Crippen molar-refractivity contribution in [2.24, 2.45) is 0 Å². The molecule has 2 N–H and O–H groups in total. The summed E-state index contributed by atoms with van der Waals surface area (Å²) in [4.78, 5) is 21.6. The van der Waals surface area contributed by atoms with Gasteiger partial charge in [-0.25, -0.2) is 9.89 Å². The third kappa shape index (κ3) is 1.70. The zero-order chi connectivity index (χ0) is 10.7. The second-order valence-electron chi connectivity index (χ2n) is 2.28. The highest BCUT2D eigenvalue weighted by Crippen LogP contribution is 2.15. The molecule has 0 radical (unpaired) electrons. The summed E-state index contributed by atoms with van der Waals surface area (Å²) in [5.41, 5.74) is -1.85. The lowest BCUT2D eigenvalue weighted by Gasteiger charge is -2.02. The van der Waals surface area contributed by atoms with Crippen molar-refractivity contribution in [3.05, 3.63) is 21.9 Å². The predicted molar refractivity (Wildman–Crippen MR) is 42.4 cm³/mol. The maximum Gasteiger partial charge on any atom is 0.362 e. The maximum absolute atomic E-state index is 12.8. The molecule has 76 valence electrons. The fourth-order valence-corrected chi connectivity index (χ4v) is 0.762. The maximum atomic E-state index is 12.8. The average Bonchev–Trinajstić information content (AvgIpc) is 2.15. The highest BCUT2D eigenvalue weighted by molar-refractivity contribution is 5.89. The number of esters is 1. The van der Waals surface area contributed by atoms with Crippen LogP contribution in [-0.4, -0.2) is 27.9 Å². The number of nitrogens with zero attached hydrogens (tertiary/aromatic N) is 1. The topological polar surface area (TPSA) is 92.3 Å². The van der Waals surface area contributed by atoms with E-state index in [1.54, 1.807) is 5.10 Å². The summed E-state index contributed by atoms with van der Waals surface area (Å²) in [5.74, 6) is -3.56. The molecule has 1 heterocycles. The molecule has 0 bridgehead atoms. The van der Waals surface area contributed by atoms with Crippen LogP contribution in [0.5, 0.6) is 5.75 Å². The van der Waals surface area contributed by atoms with Crippen molar-refractivity contribution in [3.63, 3.8) is 0 Å².